The van der Waals surface area contributed by atoms with Gasteiger partial charge in [-0.15, -0.1) is 11.6 Å². The molecule has 0 aliphatic carbocycles. The van der Waals surface area contributed by atoms with Crippen LogP contribution in [0.3, 0.4) is 0 Å². The van der Waals surface area contributed by atoms with Crippen molar-refractivity contribution in [2.24, 2.45) is 0 Å². The fourth-order valence-electron chi connectivity index (χ4n) is 1.30. The molecule has 1 rings (SSSR count). The van der Waals surface area contributed by atoms with Crippen LogP contribution in [0.4, 0.5) is 0 Å². The first-order valence-corrected chi connectivity index (χ1v) is 6.07. The molecule has 0 aliphatic rings. The summed E-state index contributed by atoms with van der Waals surface area (Å²) in [5, 5.41) is 14.0. The molecular weight excluding hydrogens is 256 g/mol. The van der Waals surface area contributed by atoms with Gasteiger partial charge in [-0.05, 0) is 24.1 Å². The summed E-state index contributed by atoms with van der Waals surface area (Å²) in [6.45, 7) is 0.629. The number of phenolic OH excluding ortho intramolecular Hbond substituents is 1. The third kappa shape index (κ3) is 5.05. The van der Waals surface area contributed by atoms with E-state index in [1.54, 1.807) is 24.3 Å². The summed E-state index contributed by atoms with van der Waals surface area (Å²) in [6.07, 6.45) is 0.592. The SMILES string of the molecule is O=C(NCCCl)C(=O)NCCc1ccc(O)cc1. The summed E-state index contributed by atoms with van der Waals surface area (Å²) in [6, 6.07) is 6.67. The zero-order chi connectivity index (χ0) is 13.4. The Morgan fingerprint density at radius 1 is 1.06 bits per heavy atom. The van der Waals surface area contributed by atoms with Crippen LogP contribution in [0.2, 0.25) is 0 Å². The first-order chi connectivity index (χ1) is 8.63. The van der Waals surface area contributed by atoms with Gasteiger partial charge < -0.3 is 15.7 Å². The Balaban J connectivity index is 2.27. The van der Waals surface area contributed by atoms with Crippen LogP contribution >= 0.6 is 11.6 Å². The number of carbonyl (C=O) groups excluding carboxylic acids is 2. The summed E-state index contributed by atoms with van der Waals surface area (Å²) in [4.78, 5) is 22.5. The molecule has 0 heterocycles. The van der Waals surface area contributed by atoms with Crippen molar-refractivity contribution in [1.82, 2.24) is 10.6 Å². The average molecular weight is 271 g/mol. The molecule has 0 fully saturated rings. The maximum absolute atomic E-state index is 11.3. The second kappa shape index (κ2) is 7.55. The van der Waals surface area contributed by atoms with Crippen LogP contribution in [0, 0.1) is 0 Å². The van der Waals surface area contributed by atoms with E-state index in [0.717, 1.165) is 5.56 Å². The quantitative estimate of drug-likeness (QED) is 0.536. The number of hydrogen-bond donors (Lipinski definition) is 3. The fourth-order valence-corrected chi connectivity index (χ4v) is 1.40. The van der Waals surface area contributed by atoms with Crippen molar-refractivity contribution in [3.63, 3.8) is 0 Å². The monoisotopic (exact) mass is 270 g/mol. The molecule has 98 valence electrons. The van der Waals surface area contributed by atoms with Gasteiger partial charge in [0.2, 0.25) is 0 Å². The maximum Gasteiger partial charge on any atom is 0.309 e. The van der Waals surface area contributed by atoms with Crippen LogP contribution in [0.1, 0.15) is 5.56 Å². The predicted octanol–water partition coefficient (Wildman–Crippen LogP) is 0.406. The zero-order valence-corrected chi connectivity index (χ0v) is 10.5. The Morgan fingerprint density at radius 2 is 1.61 bits per heavy atom. The molecule has 2 amide bonds. The Bertz CT molecular complexity index is 406. The second-order valence-electron chi connectivity index (χ2n) is 3.62. The van der Waals surface area contributed by atoms with E-state index in [0.29, 0.717) is 13.0 Å². The van der Waals surface area contributed by atoms with Gasteiger partial charge in [0, 0.05) is 19.0 Å². The molecule has 6 heteroatoms. The minimum atomic E-state index is -0.679. The van der Waals surface area contributed by atoms with Gasteiger partial charge in [0.15, 0.2) is 0 Å². The number of carbonyl (C=O) groups is 2. The summed E-state index contributed by atoms with van der Waals surface area (Å²) in [7, 11) is 0. The van der Waals surface area contributed by atoms with Crippen molar-refractivity contribution in [1.29, 1.82) is 0 Å². The number of alkyl halides is 1. The van der Waals surface area contributed by atoms with Gasteiger partial charge in [-0.25, -0.2) is 0 Å². The van der Waals surface area contributed by atoms with Crippen LogP contribution in [0.25, 0.3) is 0 Å². The Labute approximate surface area is 110 Å². The number of benzene rings is 1. The van der Waals surface area contributed by atoms with E-state index < -0.39 is 11.8 Å². The van der Waals surface area contributed by atoms with Crippen molar-refractivity contribution in [2.75, 3.05) is 19.0 Å². The molecule has 18 heavy (non-hydrogen) atoms. The summed E-state index contributed by atoms with van der Waals surface area (Å²) < 4.78 is 0. The van der Waals surface area contributed by atoms with Gasteiger partial charge >= 0.3 is 11.8 Å². The molecule has 3 N–H and O–H groups in total. The number of nitrogens with one attached hydrogen (secondary N) is 2. The highest BCUT2D eigenvalue weighted by Gasteiger charge is 2.11. The molecule has 0 aromatic heterocycles. The molecule has 0 aliphatic heterocycles. The molecule has 0 saturated heterocycles. The molecule has 1 aromatic rings. The van der Waals surface area contributed by atoms with Crippen molar-refractivity contribution < 1.29 is 14.7 Å². The highest BCUT2D eigenvalue weighted by Crippen LogP contribution is 2.09. The lowest BCUT2D eigenvalue weighted by atomic mass is 10.1. The topological polar surface area (TPSA) is 78.4 Å². The highest BCUT2D eigenvalue weighted by molar-refractivity contribution is 6.35. The molecule has 0 radical (unpaired) electrons. The van der Waals surface area contributed by atoms with Crippen molar-refractivity contribution in [2.45, 2.75) is 6.42 Å². The number of amides is 2. The fraction of sp³-hybridized carbons (Fsp3) is 0.333. The minimum absolute atomic E-state index is 0.197. The van der Waals surface area contributed by atoms with Crippen molar-refractivity contribution >= 4 is 23.4 Å². The normalized spacial score (nSPS) is 9.83. The molecule has 0 spiro atoms. The third-order valence-corrected chi connectivity index (χ3v) is 2.41. The maximum atomic E-state index is 11.3. The number of halogens is 1. The van der Waals surface area contributed by atoms with Gasteiger partial charge in [0.05, 0.1) is 0 Å². The molecule has 0 atom stereocenters. The van der Waals surface area contributed by atoms with E-state index in [1.807, 2.05) is 0 Å². The van der Waals surface area contributed by atoms with E-state index in [-0.39, 0.29) is 18.2 Å². The van der Waals surface area contributed by atoms with Crippen LogP contribution in [-0.4, -0.2) is 35.9 Å². The average Bonchev–Trinajstić information content (AvgIpc) is 2.38. The van der Waals surface area contributed by atoms with Crippen LogP contribution < -0.4 is 10.6 Å². The Morgan fingerprint density at radius 3 is 2.17 bits per heavy atom. The third-order valence-electron chi connectivity index (χ3n) is 2.22. The first kappa shape index (κ1) is 14.3. The van der Waals surface area contributed by atoms with Crippen LogP contribution in [-0.2, 0) is 16.0 Å². The summed E-state index contributed by atoms with van der Waals surface area (Å²) in [5.74, 6) is -0.879. The van der Waals surface area contributed by atoms with Crippen molar-refractivity contribution in [3.8, 4) is 5.75 Å². The zero-order valence-electron chi connectivity index (χ0n) is 9.78. The largest absolute Gasteiger partial charge is 0.508 e. The number of rotatable bonds is 5. The number of hydrogen-bond acceptors (Lipinski definition) is 3. The van der Waals surface area contributed by atoms with Crippen LogP contribution in [0.15, 0.2) is 24.3 Å². The summed E-state index contributed by atoms with van der Waals surface area (Å²) in [5.41, 5.74) is 0.967. The molecule has 5 nitrogen and oxygen atoms in total. The lowest BCUT2D eigenvalue weighted by Gasteiger charge is -2.05. The highest BCUT2D eigenvalue weighted by atomic mass is 35.5. The standard InChI is InChI=1S/C12H15ClN2O3/c13-6-8-15-12(18)11(17)14-7-5-9-1-3-10(16)4-2-9/h1-4,16H,5-8H2,(H,14,17)(H,15,18). The lowest BCUT2D eigenvalue weighted by molar-refractivity contribution is -0.139. The van der Waals surface area contributed by atoms with Gasteiger partial charge in [0.25, 0.3) is 0 Å². The smallest absolute Gasteiger partial charge is 0.309 e. The minimum Gasteiger partial charge on any atom is -0.508 e. The Kier molecular flexibility index (Phi) is 6.00. The molecule has 0 saturated carbocycles. The van der Waals surface area contributed by atoms with E-state index in [4.69, 9.17) is 16.7 Å². The van der Waals surface area contributed by atoms with E-state index in [9.17, 15) is 9.59 Å². The predicted molar refractivity (Wildman–Crippen MR) is 68.6 cm³/mol. The van der Waals surface area contributed by atoms with E-state index in [1.165, 1.54) is 0 Å². The summed E-state index contributed by atoms with van der Waals surface area (Å²) >= 11 is 5.38. The molecular formula is C12H15ClN2O3. The number of aromatic hydroxyl groups is 1. The molecule has 1 aromatic carbocycles. The van der Waals surface area contributed by atoms with Gasteiger partial charge in [0.1, 0.15) is 5.75 Å². The van der Waals surface area contributed by atoms with Gasteiger partial charge in [-0.3, -0.25) is 9.59 Å². The van der Waals surface area contributed by atoms with Crippen LogP contribution in [0.5, 0.6) is 5.75 Å². The van der Waals surface area contributed by atoms with Gasteiger partial charge in [-0.2, -0.15) is 0 Å². The lowest BCUT2D eigenvalue weighted by Crippen LogP contribution is -2.41. The molecule has 0 bridgehead atoms. The van der Waals surface area contributed by atoms with Gasteiger partial charge in [-0.1, -0.05) is 12.1 Å². The van der Waals surface area contributed by atoms with Crippen molar-refractivity contribution in [3.05, 3.63) is 29.8 Å². The first-order valence-electron chi connectivity index (χ1n) is 5.53. The number of phenols is 1. The Hall–Kier alpha value is -1.75. The van der Waals surface area contributed by atoms with E-state index >= 15 is 0 Å². The molecule has 0 unspecified atom stereocenters. The van der Waals surface area contributed by atoms with E-state index in [2.05, 4.69) is 10.6 Å². The second-order valence-corrected chi connectivity index (χ2v) is 4.00.